The normalized spacial score (nSPS) is 13.7. The van der Waals surface area contributed by atoms with Crippen LogP contribution in [0.2, 0.25) is 0 Å². The van der Waals surface area contributed by atoms with Gasteiger partial charge < -0.3 is 10.1 Å². The topological polar surface area (TPSA) is 38.3 Å². The van der Waals surface area contributed by atoms with Gasteiger partial charge in [-0.05, 0) is 66.5 Å². The van der Waals surface area contributed by atoms with E-state index in [9.17, 15) is 4.79 Å². The quantitative estimate of drug-likeness (QED) is 0.636. The number of carbonyl (C=O) groups excluding carboxylic acids is 1. The minimum atomic E-state index is -0.499. The zero-order valence-corrected chi connectivity index (χ0v) is 18.4. The van der Waals surface area contributed by atoms with Crippen molar-refractivity contribution in [2.45, 2.75) is 78.9 Å². The highest BCUT2D eigenvalue weighted by Crippen LogP contribution is 2.25. The average molecular weight is 382 g/mol. The molecule has 0 bridgehead atoms. The highest BCUT2D eigenvalue weighted by molar-refractivity contribution is 5.81. The van der Waals surface area contributed by atoms with E-state index in [1.807, 2.05) is 19.1 Å². The van der Waals surface area contributed by atoms with Gasteiger partial charge in [0.15, 0.2) is 6.10 Å². The van der Waals surface area contributed by atoms with Gasteiger partial charge in [0, 0.05) is 0 Å². The third kappa shape index (κ3) is 5.60. The lowest BCUT2D eigenvalue weighted by Crippen LogP contribution is -2.40. The zero-order chi connectivity index (χ0) is 20.9. The van der Waals surface area contributed by atoms with Crippen molar-refractivity contribution in [3.63, 3.8) is 0 Å². The highest BCUT2D eigenvalue weighted by Gasteiger charge is 2.22. The van der Waals surface area contributed by atoms with Gasteiger partial charge in [-0.2, -0.15) is 0 Å². The maximum absolute atomic E-state index is 12.9. The van der Waals surface area contributed by atoms with Gasteiger partial charge in [-0.25, -0.2) is 0 Å². The Kier molecular flexibility index (Phi) is 7.29. The Morgan fingerprint density at radius 1 is 0.964 bits per heavy atom. The molecule has 2 atom stereocenters. The Balaban J connectivity index is 2.08. The maximum Gasteiger partial charge on any atom is 0.261 e. The number of nitrogens with one attached hydrogen (secondary N) is 1. The van der Waals surface area contributed by atoms with E-state index in [0.717, 1.165) is 17.7 Å². The molecule has 3 heteroatoms. The molecule has 1 amide bonds. The number of hydrogen-bond acceptors (Lipinski definition) is 2. The van der Waals surface area contributed by atoms with E-state index in [1.54, 1.807) is 0 Å². The van der Waals surface area contributed by atoms with Gasteiger partial charge >= 0.3 is 0 Å². The molecule has 2 unspecified atom stereocenters. The number of rotatable bonds is 7. The van der Waals surface area contributed by atoms with Crippen LogP contribution in [-0.2, 0) is 10.2 Å². The fraction of sp³-hybridized carbons (Fsp3) is 0.480. The second-order valence-electron chi connectivity index (χ2n) is 8.60. The molecule has 2 rings (SSSR count). The van der Waals surface area contributed by atoms with Crippen LogP contribution in [-0.4, -0.2) is 12.0 Å². The highest BCUT2D eigenvalue weighted by atomic mass is 16.5. The predicted molar refractivity (Wildman–Crippen MR) is 117 cm³/mol. The molecule has 0 heterocycles. The summed E-state index contributed by atoms with van der Waals surface area (Å²) in [5.74, 6) is 0.668. The predicted octanol–water partition coefficient (Wildman–Crippen LogP) is 6.03. The third-order valence-corrected chi connectivity index (χ3v) is 5.32. The summed E-state index contributed by atoms with van der Waals surface area (Å²) in [5, 5.41) is 3.17. The van der Waals surface area contributed by atoms with Crippen molar-refractivity contribution in [1.82, 2.24) is 5.32 Å². The first-order valence-corrected chi connectivity index (χ1v) is 10.3. The van der Waals surface area contributed by atoms with E-state index < -0.39 is 6.10 Å². The molecule has 1 N–H and O–H groups in total. The van der Waals surface area contributed by atoms with Crippen LogP contribution in [0, 0.1) is 13.8 Å². The van der Waals surface area contributed by atoms with Crippen LogP contribution < -0.4 is 10.1 Å². The minimum absolute atomic E-state index is 0.00674. The summed E-state index contributed by atoms with van der Waals surface area (Å²) in [4.78, 5) is 12.9. The molecule has 28 heavy (non-hydrogen) atoms. The molecule has 0 saturated carbocycles. The monoisotopic (exact) mass is 381 g/mol. The standard InChI is InChI=1S/C25H35NO2/c1-8-22(19-11-10-17(3)18(4)16-19)26-24(27)23(9-2)28-21-14-12-20(13-15-21)25(5,6)7/h10-16,22-23H,8-9H2,1-7H3,(H,26,27). The van der Waals surface area contributed by atoms with Gasteiger partial charge in [0.25, 0.3) is 5.91 Å². The van der Waals surface area contributed by atoms with Crippen molar-refractivity contribution < 1.29 is 9.53 Å². The van der Waals surface area contributed by atoms with Gasteiger partial charge in [0.1, 0.15) is 5.75 Å². The van der Waals surface area contributed by atoms with E-state index in [4.69, 9.17) is 4.74 Å². The number of hydrogen-bond donors (Lipinski definition) is 1. The number of benzene rings is 2. The van der Waals surface area contributed by atoms with Gasteiger partial charge in [-0.3, -0.25) is 4.79 Å². The molecule has 0 saturated heterocycles. The summed E-state index contributed by atoms with van der Waals surface area (Å²) in [7, 11) is 0. The zero-order valence-electron chi connectivity index (χ0n) is 18.4. The molecule has 2 aromatic rings. The number of carbonyl (C=O) groups is 1. The lowest BCUT2D eigenvalue weighted by molar-refractivity contribution is -0.128. The SMILES string of the molecule is CCC(Oc1ccc(C(C)(C)C)cc1)C(=O)NC(CC)c1ccc(C)c(C)c1. The lowest BCUT2D eigenvalue weighted by atomic mass is 9.87. The van der Waals surface area contributed by atoms with E-state index in [1.165, 1.54) is 16.7 Å². The van der Waals surface area contributed by atoms with Crippen LogP contribution in [0.5, 0.6) is 5.75 Å². The first kappa shape index (κ1) is 22.0. The number of ether oxygens (including phenoxy) is 1. The average Bonchev–Trinajstić information content (AvgIpc) is 2.66. The molecule has 0 aliphatic rings. The summed E-state index contributed by atoms with van der Waals surface area (Å²) in [6.07, 6.45) is 0.960. The summed E-state index contributed by atoms with van der Waals surface area (Å²) < 4.78 is 6.01. The van der Waals surface area contributed by atoms with E-state index in [0.29, 0.717) is 6.42 Å². The third-order valence-electron chi connectivity index (χ3n) is 5.32. The van der Waals surface area contributed by atoms with Crippen LogP contribution in [0.15, 0.2) is 42.5 Å². The first-order valence-electron chi connectivity index (χ1n) is 10.3. The van der Waals surface area contributed by atoms with Crippen molar-refractivity contribution in [2.75, 3.05) is 0 Å². The van der Waals surface area contributed by atoms with E-state index >= 15 is 0 Å². The Bertz CT molecular complexity index is 787. The van der Waals surface area contributed by atoms with Crippen molar-refractivity contribution >= 4 is 5.91 Å². The largest absolute Gasteiger partial charge is 0.481 e. The van der Waals surface area contributed by atoms with Crippen LogP contribution in [0.3, 0.4) is 0 Å². The molecular weight excluding hydrogens is 346 g/mol. The Hall–Kier alpha value is -2.29. The fourth-order valence-corrected chi connectivity index (χ4v) is 3.19. The van der Waals surface area contributed by atoms with Crippen molar-refractivity contribution in [1.29, 1.82) is 0 Å². The summed E-state index contributed by atoms with van der Waals surface area (Å²) in [6, 6.07) is 14.4. The van der Waals surface area contributed by atoms with E-state index in [-0.39, 0.29) is 17.4 Å². The van der Waals surface area contributed by atoms with Gasteiger partial charge in [0.2, 0.25) is 0 Å². The molecule has 0 aliphatic carbocycles. The summed E-state index contributed by atoms with van der Waals surface area (Å²) in [5.41, 5.74) is 4.99. The Labute approximate surface area is 170 Å². The van der Waals surface area contributed by atoms with Crippen LogP contribution in [0.1, 0.15) is 75.8 Å². The van der Waals surface area contributed by atoms with Crippen molar-refractivity contribution in [2.24, 2.45) is 0 Å². The number of aryl methyl sites for hydroxylation is 2. The fourth-order valence-electron chi connectivity index (χ4n) is 3.19. The van der Waals surface area contributed by atoms with Crippen molar-refractivity contribution in [3.05, 3.63) is 64.7 Å². The molecule has 152 valence electrons. The molecule has 3 nitrogen and oxygen atoms in total. The second kappa shape index (κ2) is 9.27. The minimum Gasteiger partial charge on any atom is -0.481 e. The van der Waals surface area contributed by atoms with E-state index in [2.05, 4.69) is 77.2 Å². The Morgan fingerprint density at radius 3 is 2.11 bits per heavy atom. The maximum atomic E-state index is 12.9. The molecule has 0 spiro atoms. The second-order valence-corrected chi connectivity index (χ2v) is 8.60. The van der Waals surface area contributed by atoms with Gasteiger partial charge in [-0.15, -0.1) is 0 Å². The van der Waals surface area contributed by atoms with Crippen LogP contribution >= 0.6 is 0 Å². The van der Waals surface area contributed by atoms with Crippen molar-refractivity contribution in [3.8, 4) is 5.75 Å². The van der Waals surface area contributed by atoms with Crippen LogP contribution in [0.25, 0.3) is 0 Å². The Morgan fingerprint density at radius 2 is 1.61 bits per heavy atom. The first-order chi connectivity index (χ1) is 13.2. The summed E-state index contributed by atoms with van der Waals surface area (Å²) >= 11 is 0. The molecule has 0 aliphatic heterocycles. The molecule has 0 radical (unpaired) electrons. The molecule has 0 aromatic heterocycles. The lowest BCUT2D eigenvalue weighted by Gasteiger charge is -2.23. The molecule has 2 aromatic carbocycles. The summed E-state index contributed by atoms with van der Waals surface area (Å²) in [6.45, 7) is 14.8. The van der Waals surface area contributed by atoms with Crippen LogP contribution in [0.4, 0.5) is 0 Å². The number of amides is 1. The smallest absolute Gasteiger partial charge is 0.261 e. The molecular formula is C25H35NO2. The van der Waals surface area contributed by atoms with Gasteiger partial charge in [0.05, 0.1) is 6.04 Å². The molecule has 0 fully saturated rings. The van der Waals surface area contributed by atoms with Gasteiger partial charge in [-0.1, -0.05) is 65.0 Å².